The second-order valence-corrected chi connectivity index (χ2v) is 10.1. The van der Waals surface area contributed by atoms with Gasteiger partial charge in [-0.1, -0.05) is 11.6 Å². The molecular formula is C25H29ClN2O5. The number of pyridine rings is 1. The Bertz CT molecular complexity index is 1150. The van der Waals surface area contributed by atoms with Crippen LogP contribution in [0.2, 0.25) is 5.02 Å². The van der Waals surface area contributed by atoms with Gasteiger partial charge in [-0.3, -0.25) is 19.3 Å². The number of aromatic nitrogens is 1. The highest BCUT2D eigenvalue weighted by atomic mass is 35.5. The van der Waals surface area contributed by atoms with Crippen LogP contribution in [0.3, 0.4) is 0 Å². The van der Waals surface area contributed by atoms with Crippen LogP contribution >= 0.6 is 11.6 Å². The summed E-state index contributed by atoms with van der Waals surface area (Å²) in [7, 11) is 0. The molecule has 3 aliphatic rings. The van der Waals surface area contributed by atoms with Gasteiger partial charge < -0.3 is 14.2 Å². The summed E-state index contributed by atoms with van der Waals surface area (Å²) >= 11 is 6.62. The first kappa shape index (κ1) is 22.4. The maximum Gasteiger partial charge on any atom is 0.193 e. The van der Waals surface area contributed by atoms with Gasteiger partial charge in [0.1, 0.15) is 11.9 Å². The number of benzene rings is 1. The molecule has 0 bridgehead atoms. The highest BCUT2D eigenvalue weighted by Crippen LogP contribution is 2.49. The standard InChI is InChI=1S/C25H29ClN2O5/c1-15(29)19-12-27-22(11-23(19)30)17-9-20(26)24(33-8-4-7-32-16-13-31-14-16)10-18(17)21-5-6-25(2,3)28(21)27/h9-12,16,21H,4-8,13-14H2,1-3H3/t21-/m1/s1. The van der Waals surface area contributed by atoms with Crippen LogP contribution in [0, 0.1) is 0 Å². The smallest absolute Gasteiger partial charge is 0.193 e. The molecule has 0 N–H and O–H groups in total. The van der Waals surface area contributed by atoms with E-state index in [1.807, 2.05) is 16.8 Å². The van der Waals surface area contributed by atoms with Gasteiger partial charge in [0.15, 0.2) is 11.2 Å². The molecule has 1 aromatic carbocycles. The number of fused-ring (bicyclic) bond motifs is 6. The molecule has 8 heteroatoms. The second-order valence-electron chi connectivity index (χ2n) is 9.65. The summed E-state index contributed by atoms with van der Waals surface area (Å²) in [6.45, 7) is 8.27. The number of carbonyl (C=O) groups is 1. The van der Waals surface area contributed by atoms with E-state index in [2.05, 4.69) is 18.9 Å². The number of Topliss-reactive ketones (excluding diaryl/α,β-unsaturated/α-hetero) is 1. The van der Waals surface area contributed by atoms with Crippen molar-refractivity contribution in [3.05, 3.63) is 50.8 Å². The minimum atomic E-state index is -0.275. The maximum absolute atomic E-state index is 12.7. The summed E-state index contributed by atoms with van der Waals surface area (Å²) in [5.41, 5.74) is 2.54. The monoisotopic (exact) mass is 472 g/mol. The Morgan fingerprint density at radius 1 is 1.24 bits per heavy atom. The third-order valence-electron chi connectivity index (χ3n) is 6.83. The summed E-state index contributed by atoms with van der Waals surface area (Å²) in [5.74, 6) is 0.411. The van der Waals surface area contributed by atoms with Crippen molar-refractivity contribution in [2.45, 2.75) is 57.7 Å². The zero-order valence-electron chi connectivity index (χ0n) is 19.2. The van der Waals surface area contributed by atoms with E-state index in [1.165, 1.54) is 6.92 Å². The molecule has 176 valence electrons. The third-order valence-corrected chi connectivity index (χ3v) is 7.13. The zero-order valence-corrected chi connectivity index (χ0v) is 20.0. The normalized spacial score (nSPS) is 20.6. The summed E-state index contributed by atoms with van der Waals surface area (Å²) < 4.78 is 18.8. The first-order chi connectivity index (χ1) is 15.8. The van der Waals surface area contributed by atoms with Gasteiger partial charge >= 0.3 is 0 Å². The van der Waals surface area contributed by atoms with Crippen molar-refractivity contribution in [2.75, 3.05) is 31.4 Å². The van der Waals surface area contributed by atoms with Crippen LogP contribution in [0.5, 0.6) is 5.75 Å². The lowest BCUT2D eigenvalue weighted by Crippen LogP contribution is -2.50. The Labute approximate surface area is 198 Å². The van der Waals surface area contributed by atoms with Crippen molar-refractivity contribution in [1.82, 2.24) is 4.68 Å². The van der Waals surface area contributed by atoms with E-state index >= 15 is 0 Å². The lowest BCUT2D eigenvalue weighted by molar-refractivity contribution is -0.130. The molecular weight excluding hydrogens is 444 g/mol. The largest absolute Gasteiger partial charge is 0.492 e. The fourth-order valence-electron chi connectivity index (χ4n) is 5.02. The van der Waals surface area contributed by atoms with Crippen LogP contribution in [0.4, 0.5) is 0 Å². The molecule has 1 aromatic heterocycles. The van der Waals surface area contributed by atoms with E-state index in [4.69, 9.17) is 25.8 Å². The summed E-state index contributed by atoms with van der Waals surface area (Å²) in [6, 6.07) is 5.56. The first-order valence-electron chi connectivity index (χ1n) is 11.5. The number of rotatable bonds is 7. The molecule has 3 aliphatic heterocycles. The summed E-state index contributed by atoms with van der Waals surface area (Å²) in [5, 5.41) is 2.78. The molecule has 2 saturated heterocycles. The van der Waals surface area contributed by atoms with Crippen molar-refractivity contribution in [3.8, 4) is 17.0 Å². The fourth-order valence-corrected chi connectivity index (χ4v) is 5.24. The number of hydrogen-bond acceptors (Lipinski definition) is 6. The zero-order chi connectivity index (χ0) is 23.3. The van der Waals surface area contributed by atoms with Crippen molar-refractivity contribution < 1.29 is 19.0 Å². The van der Waals surface area contributed by atoms with Gasteiger partial charge in [-0.05, 0) is 51.3 Å². The molecule has 4 heterocycles. The molecule has 7 nitrogen and oxygen atoms in total. The lowest BCUT2D eigenvalue weighted by Gasteiger charge is -2.44. The minimum absolute atomic E-state index is 0.103. The number of hydrogen-bond donors (Lipinski definition) is 0. The topological polar surface area (TPSA) is 70.0 Å². The van der Waals surface area contributed by atoms with Gasteiger partial charge in [-0.2, -0.15) is 0 Å². The Kier molecular flexibility index (Phi) is 5.75. The molecule has 5 rings (SSSR count). The van der Waals surface area contributed by atoms with Gasteiger partial charge in [-0.15, -0.1) is 0 Å². The van der Waals surface area contributed by atoms with E-state index in [1.54, 1.807) is 12.3 Å². The third kappa shape index (κ3) is 3.96. The van der Waals surface area contributed by atoms with E-state index in [-0.39, 0.29) is 34.5 Å². The number of halogens is 1. The second kappa shape index (κ2) is 8.46. The van der Waals surface area contributed by atoms with Crippen molar-refractivity contribution in [2.24, 2.45) is 0 Å². The maximum atomic E-state index is 12.7. The van der Waals surface area contributed by atoms with E-state index in [9.17, 15) is 9.59 Å². The number of carbonyl (C=O) groups excluding carboxylic acids is 1. The fraction of sp³-hybridized carbons (Fsp3) is 0.520. The predicted octanol–water partition coefficient (Wildman–Crippen LogP) is 4.12. The van der Waals surface area contributed by atoms with Crippen LogP contribution in [0.15, 0.2) is 29.2 Å². The molecule has 0 amide bonds. The SMILES string of the molecule is CC(=O)c1cn2c(cc1=O)-c1cc(Cl)c(OCCCOC3COC3)cc1[C@H]1CCC(C)(C)N12. The van der Waals surface area contributed by atoms with Crippen LogP contribution in [0.1, 0.15) is 62.0 Å². The molecule has 0 unspecified atom stereocenters. The van der Waals surface area contributed by atoms with Crippen LogP contribution < -0.4 is 15.2 Å². The molecule has 2 aromatic rings. The molecule has 0 aliphatic carbocycles. The van der Waals surface area contributed by atoms with Gasteiger partial charge in [0.05, 0.1) is 54.3 Å². The van der Waals surface area contributed by atoms with Gasteiger partial charge in [0.2, 0.25) is 0 Å². The molecule has 33 heavy (non-hydrogen) atoms. The number of ketones is 1. The van der Waals surface area contributed by atoms with Gasteiger partial charge in [-0.25, -0.2) is 0 Å². The molecule has 0 saturated carbocycles. The highest BCUT2D eigenvalue weighted by molar-refractivity contribution is 6.32. The lowest BCUT2D eigenvalue weighted by atomic mass is 9.93. The minimum Gasteiger partial charge on any atom is -0.492 e. The Hall–Kier alpha value is -2.35. The Balaban J connectivity index is 1.47. The number of ether oxygens (including phenoxy) is 3. The summed E-state index contributed by atoms with van der Waals surface area (Å²) in [6.07, 6.45) is 4.60. The van der Waals surface area contributed by atoms with Crippen molar-refractivity contribution in [1.29, 1.82) is 0 Å². The summed E-state index contributed by atoms with van der Waals surface area (Å²) in [4.78, 5) is 24.8. The predicted molar refractivity (Wildman–Crippen MR) is 126 cm³/mol. The van der Waals surface area contributed by atoms with Gasteiger partial charge in [0, 0.05) is 24.2 Å². The first-order valence-corrected chi connectivity index (χ1v) is 11.9. The Morgan fingerprint density at radius 2 is 2.03 bits per heavy atom. The quantitative estimate of drug-likeness (QED) is 0.446. The van der Waals surface area contributed by atoms with Crippen molar-refractivity contribution in [3.63, 3.8) is 0 Å². The van der Waals surface area contributed by atoms with Crippen molar-refractivity contribution >= 4 is 17.4 Å². The molecule has 0 spiro atoms. The molecule has 2 fully saturated rings. The number of nitrogens with zero attached hydrogens (tertiary/aromatic N) is 2. The highest BCUT2D eigenvalue weighted by Gasteiger charge is 2.45. The van der Waals surface area contributed by atoms with E-state index in [0.29, 0.717) is 37.2 Å². The van der Waals surface area contributed by atoms with Crippen LogP contribution in [-0.2, 0) is 9.47 Å². The molecule has 0 radical (unpaired) electrons. The van der Waals surface area contributed by atoms with Gasteiger partial charge in [0.25, 0.3) is 0 Å². The van der Waals surface area contributed by atoms with Crippen LogP contribution in [-0.4, -0.2) is 48.5 Å². The van der Waals surface area contributed by atoms with E-state index in [0.717, 1.165) is 36.1 Å². The van der Waals surface area contributed by atoms with Crippen LogP contribution in [0.25, 0.3) is 11.3 Å². The average molecular weight is 473 g/mol. The average Bonchev–Trinajstić information content (AvgIpc) is 3.04. The molecule has 1 atom stereocenters. The Morgan fingerprint density at radius 3 is 2.73 bits per heavy atom. The van der Waals surface area contributed by atoms with E-state index < -0.39 is 0 Å².